The lowest BCUT2D eigenvalue weighted by Crippen LogP contribution is -2.43. The highest BCUT2D eigenvalue weighted by Gasteiger charge is 2.19. The number of likely N-dealkylation sites (N-methyl/N-ethyl adjacent to an activating group) is 2. The Hall–Kier alpha value is -2.01. The Kier molecular flexibility index (Phi) is 3.53. The predicted octanol–water partition coefficient (Wildman–Crippen LogP) is 1.54. The van der Waals surface area contributed by atoms with Gasteiger partial charge < -0.3 is 19.7 Å². The first kappa shape index (κ1) is 12.4. The second-order valence-corrected chi connectivity index (χ2v) is 4.18. The molecule has 1 atom stereocenters. The lowest BCUT2D eigenvalue weighted by atomic mass is 10.2. The molecule has 0 radical (unpaired) electrons. The summed E-state index contributed by atoms with van der Waals surface area (Å²) in [6.07, 6.45) is 1.65. The Bertz CT molecular complexity index is 550. The number of para-hydroxylation sites is 1. The number of benzene rings is 1. The van der Waals surface area contributed by atoms with E-state index >= 15 is 0 Å². The first-order valence-corrected chi connectivity index (χ1v) is 5.71. The number of fused-ring (bicyclic) bond motifs is 1. The van der Waals surface area contributed by atoms with Crippen LogP contribution in [0.2, 0.25) is 0 Å². The SMILES string of the molecule is CNC(CN(C)c1coc2ccccc12)C(=O)O. The highest BCUT2D eigenvalue weighted by molar-refractivity contribution is 5.91. The van der Waals surface area contributed by atoms with Crippen LogP contribution in [0.25, 0.3) is 11.0 Å². The van der Waals surface area contributed by atoms with Crippen molar-refractivity contribution < 1.29 is 14.3 Å². The van der Waals surface area contributed by atoms with Gasteiger partial charge in [-0.25, -0.2) is 0 Å². The van der Waals surface area contributed by atoms with Crippen LogP contribution in [0.4, 0.5) is 5.69 Å². The Labute approximate surface area is 105 Å². The zero-order valence-electron chi connectivity index (χ0n) is 10.4. The van der Waals surface area contributed by atoms with Crippen molar-refractivity contribution in [2.75, 3.05) is 25.5 Å². The van der Waals surface area contributed by atoms with E-state index in [1.54, 1.807) is 13.3 Å². The van der Waals surface area contributed by atoms with E-state index < -0.39 is 12.0 Å². The molecule has 0 bridgehead atoms. The van der Waals surface area contributed by atoms with Crippen LogP contribution in [0.5, 0.6) is 0 Å². The molecule has 1 aromatic carbocycles. The number of rotatable bonds is 5. The fourth-order valence-electron chi connectivity index (χ4n) is 1.92. The summed E-state index contributed by atoms with van der Waals surface area (Å²) in [6, 6.07) is 7.08. The lowest BCUT2D eigenvalue weighted by molar-refractivity contribution is -0.139. The van der Waals surface area contributed by atoms with Crippen LogP contribution in [-0.4, -0.2) is 37.8 Å². The standard InChI is InChI=1S/C13H16N2O3/c1-14-10(13(16)17)7-15(2)11-8-18-12-6-4-3-5-9(11)12/h3-6,8,10,14H,7H2,1-2H3,(H,16,17). The molecule has 1 aromatic heterocycles. The third-order valence-corrected chi connectivity index (χ3v) is 2.97. The first-order valence-electron chi connectivity index (χ1n) is 5.71. The fourth-order valence-corrected chi connectivity index (χ4v) is 1.92. The largest absolute Gasteiger partial charge is 0.480 e. The molecule has 1 heterocycles. The van der Waals surface area contributed by atoms with Crippen LogP contribution in [0, 0.1) is 0 Å². The van der Waals surface area contributed by atoms with Crippen LogP contribution in [0.15, 0.2) is 34.9 Å². The van der Waals surface area contributed by atoms with Gasteiger partial charge in [-0.3, -0.25) is 4.79 Å². The van der Waals surface area contributed by atoms with Gasteiger partial charge in [-0.1, -0.05) is 12.1 Å². The molecule has 0 amide bonds. The van der Waals surface area contributed by atoms with Crippen LogP contribution < -0.4 is 10.2 Å². The topological polar surface area (TPSA) is 65.7 Å². The maximum Gasteiger partial charge on any atom is 0.322 e. The molecule has 1 unspecified atom stereocenters. The van der Waals surface area contributed by atoms with Gasteiger partial charge in [0.05, 0.1) is 5.69 Å². The van der Waals surface area contributed by atoms with Crippen molar-refractivity contribution in [3.05, 3.63) is 30.5 Å². The molecule has 0 aliphatic heterocycles. The summed E-state index contributed by atoms with van der Waals surface area (Å²) in [6.45, 7) is 0.370. The molecular weight excluding hydrogens is 232 g/mol. The summed E-state index contributed by atoms with van der Waals surface area (Å²) in [5.74, 6) is -0.864. The van der Waals surface area contributed by atoms with E-state index in [2.05, 4.69) is 5.32 Å². The second kappa shape index (κ2) is 5.10. The molecule has 18 heavy (non-hydrogen) atoms. The Balaban J connectivity index is 2.23. The van der Waals surface area contributed by atoms with Gasteiger partial charge in [0.15, 0.2) is 0 Å². The minimum absolute atomic E-state index is 0.370. The normalized spacial score (nSPS) is 12.6. The summed E-state index contributed by atoms with van der Waals surface area (Å²) in [4.78, 5) is 12.9. The third kappa shape index (κ3) is 2.31. The quantitative estimate of drug-likeness (QED) is 0.840. The van der Waals surface area contributed by atoms with Gasteiger partial charge in [0, 0.05) is 19.0 Å². The number of nitrogens with zero attached hydrogens (tertiary/aromatic N) is 1. The molecule has 0 saturated heterocycles. The highest BCUT2D eigenvalue weighted by atomic mass is 16.4. The van der Waals surface area contributed by atoms with Gasteiger partial charge in [-0.2, -0.15) is 0 Å². The summed E-state index contributed by atoms with van der Waals surface area (Å²) in [7, 11) is 3.49. The molecule has 2 aromatic rings. The molecule has 0 aliphatic carbocycles. The van der Waals surface area contributed by atoms with Crippen molar-refractivity contribution in [1.82, 2.24) is 5.32 Å². The van der Waals surface area contributed by atoms with E-state index in [1.807, 2.05) is 36.2 Å². The average Bonchev–Trinajstić information content (AvgIpc) is 2.79. The zero-order chi connectivity index (χ0) is 13.1. The van der Waals surface area contributed by atoms with Gasteiger partial charge in [-0.05, 0) is 19.2 Å². The van der Waals surface area contributed by atoms with E-state index in [0.29, 0.717) is 6.54 Å². The molecule has 2 rings (SSSR count). The van der Waals surface area contributed by atoms with Gasteiger partial charge in [-0.15, -0.1) is 0 Å². The van der Waals surface area contributed by atoms with Gasteiger partial charge in [0.2, 0.25) is 0 Å². The summed E-state index contributed by atoms with van der Waals surface area (Å²) < 4.78 is 5.44. The number of carboxylic acid groups (broad SMARTS) is 1. The van der Waals surface area contributed by atoms with E-state index in [-0.39, 0.29) is 0 Å². The van der Waals surface area contributed by atoms with Crippen molar-refractivity contribution in [2.45, 2.75) is 6.04 Å². The average molecular weight is 248 g/mol. The molecule has 0 saturated carbocycles. The van der Waals surface area contributed by atoms with Crippen molar-refractivity contribution in [2.24, 2.45) is 0 Å². The van der Waals surface area contributed by atoms with Gasteiger partial charge >= 0.3 is 5.97 Å². The molecular formula is C13H16N2O3. The van der Waals surface area contributed by atoms with E-state index in [0.717, 1.165) is 16.7 Å². The Morgan fingerprint density at radius 1 is 1.50 bits per heavy atom. The Morgan fingerprint density at radius 3 is 2.89 bits per heavy atom. The number of hydrogen-bond acceptors (Lipinski definition) is 4. The summed E-state index contributed by atoms with van der Waals surface area (Å²) in [5, 5.41) is 12.8. The maximum atomic E-state index is 11.0. The van der Waals surface area contributed by atoms with Crippen molar-refractivity contribution >= 4 is 22.6 Å². The fraction of sp³-hybridized carbons (Fsp3) is 0.308. The maximum absolute atomic E-state index is 11.0. The van der Waals surface area contributed by atoms with Crippen LogP contribution in [0.3, 0.4) is 0 Å². The lowest BCUT2D eigenvalue weighted by Gasteiger charge is -2.21. The van der Waals surface area contributed by atoms with Gasteiger partial charge in [0.25, 0.3) is 0 Å². The zero-order valence-corrected chi connectivity index (χ0v) is 10.4. The minimum Gasteiger partial charge on any atom is -0.480 e. The molecule has 5 nitrogen and oxygen atoms in total. The predicted molar refractivity (Wildman–Crippen MR) is 70.0 cm³/mol. The molecule has 0 aliphatic rings. The summed E-state index contributed by atoms with van der Waals surface area (Å²) >= 11 is 0. The third-order valence-electron chi connectivity index (χ3n) is 2.97. The number of hydrogen-bond donors (Lipinski definition) is 2. The molecule has 0 fully saturated rings. The van der Waals surface area contributed by atoms with Crippen molar-refractivity contribution in [1.29, 1.82) is 0 Å². The molecule has 0 spiro atoms. The molecule has 5 heteroatoms. The van der Waals surface area contributed by atoms with Crippen LogP contribution in [-0.2, 0) is 4.79 Å². The van der Waals surface area contributed by atoms with E-state index in [4.69, 9.17) is 9.52 Å². The monoisotopic (exact) mass is 248 g/mol. The highest BCUT2D eigenvalue weighted by Crippen LogP contribution is 2.27. The number of furan rings is 1. The van der Waals surface area contributed by atoms with Crippen LogP contribution in [0.1, 0.15) is 0 Å². The summed E-state index contributed by atoms with van der Waals surface area (Å²) in [5.41, 5.74) is 1.70. The molecule has 2 N–H and O–H groups in total. The number of anilines is 1. The van der Waals surface area contributed by atoms with E-state index in [9.17, 15) is 4.79 Å². The van der Waals surface area contributed by atoms with Crippen LogP contribution >= 0.6 is 0 Å². The van der Waals surface area contributed by atoms with E-state index in [1.165, 1.54) is 0 Å². The molecule has 96 valence electrons. The Morgan fingerprint density at radius 2 is 2.22 bits per heavy atom. The number of carbonyl (C=O) groups is 1. The van der Waals surface area contributed by atoms with Gasteiger partial charge in [0.1, 0.15) is 17.9 Å². The number of nitrogens with one attached hydrogen (secondary N) is 1. The number of aliphatic carboxylic acids is 1. The smallest absolute Gasteiger partial charge is 0.322 e. The first-order chi connectivity index (χ1) is 8.63. The second-order valence-electron chi connectivity index (χ2n) is 4.18. The van der Waals surface area contributed by atoms with Crippen molar-refractivity contribution in [3.8, 4) is 0 Å². The minimum atomic E-state index is -0.864. The number of carboxylic acids is 1. The van der Waals surface area contributed by atoms with Crippen molar-refractivity contribution in [3.63, 3.8) is 0 Å².